The molecule has 0 radical (unpaired) electrons. The van der Waals surface area contributed by atoms with Crippen molar-refractivity contribution in [2.75, 3.05) is 13.7 Å². The Labute approximate surface area is 102 Å². The zero-order chi connectivity index (χ0) is 12.1. The molecule has 0 aromatic carbocycles. The van der Waals surface area contributed by atoms with Gasteiger partial charge in [0.05, 0.1) is 13.2 Å². The molecule has 1 aromatic rings. The smallest absolute Gasteiger partial charge is 0.212 e. The van der Waals surface area contributed by atoms with Gasteiger partial charge in [0.25, 0.3) is 0 Å². The van der Waals surface area contributed by atoms with Gasteiger partial charge in [-0.25, -0.2) is 4.98 Å². The molecular weight excluding hydrogens is 216 g/mol. The standard InChI is InChI=1S/C13H20N2O2/c1-10(12-4-3-7-17-12)14-8-11-5-6-13(16-2)15-9-11/h5-6,9-10,12,14H,3-4,7-8H2,1-2H3/t10-,12-/m1/s1. The number of nitrogens with one attached hydrogen (secondary N) is 1. The summed E-state index contributed by atoms with van der Waals surface area (Å²) < 4.78 is 10.7. The van der Waals surface area contributed by atoms with Crippen molar-refractivity contribution in [2.24, 2.45) is 0 Å². The Balaban J connectivity index is 1.80. The van der Waals surface area contributed by atoms with E-state index in [4.69, 9.17) is 9.47 Å². The van der Waals surface area contributed by atoms with Crippen molar-refractivity contribution >= 4 is 0 Å². The van der Waals surface area contributed by atoms with Gasteiger partial charge in [0.1, 0.15) is 0 Å². The summed E-state index contributed by atoms with van der Waals surface area (Å²) in [4.78, 5) is 4.18. The van der Waals surface area contributed by atoms with Gasteiger partial charge in [0.2, 0.25) is 5.88 Å². The van der Waals surface area contributed by atoms with E-state index in [1.807, 2.05) is 18.3 Å². The largest absolute Gasteiger partial charge is 0.481 e. The van der Waals surface area contributed by atoms with Crippen molar-refractivity contribution in [3.05, 3.63) is 23.9 Å². The van der Waals surface area contributed by atoms with E-state index in [0.29, 0.717) is 18.0 Å². The Kier molecular flexibility index (Phi) is 4.34. The van der Waals surface area contributed by atoms with Crippen LogP contribution in [-0.4, -0.2) is 30.8 Å². The van der Waals surface area contributed by atoms with Crippen LogP contribution in [0.15, 0.2) is 18.3 Å². The van der Waals surface area contributed by atoms with Gasteiger partial charge in [-0.1, -0.05) is 6.07 Å². The van der Waals surface area contributed by atoms with E-state index in [-0.39, 0.29) is 0 Å². The number of pyridine rings is 1. The van der Waals surface area contributed by atoms with Crippen LogP contribution in [0.1, 0.15) is 25.3 Å². The van der Waals surface area contributed by atoms with Gasteiger partial charge < -0.3 is 14.8 Å². The van der Waals surface area contributed by atoms with Crippen molar-refractivity contribution in [3.8, 4) is 5.88 Å². The van der Waals surface area contributed by atoms with Crippen LogP contribution in [-0.2, 0) is 11.3 Å². The minimum Gasteiger partial charge on any atom is -0.481 e. The quantitative estimate of drug-likeness (QED) is 0.846. The molecule has 1 fully saturated rings. The maximum absolute atomic E-state index is 5.64. The zero-order valence-electron chi connectivity index (χ0n) is 10.5. The monoisotopic (exact) mass is 236 g/mol. The minimum absolute atomic E-state index is 0.362. The molecule has 0 unspecified atom stereocenters. The molecule has 1 saturated heterocycles. The summed E-state index contributed by atoms with van der Waals surface area (Å²) in [5, 5.41) is 3.47. The average molecular weight is 236 g/mol. The van der Waals surface area contributed by atoms with Gasteiger partial charge in [0.15, 0.2) is 0 Å². The maximum atomic E-state index is 5.64. The predicted octanol–water partition coefficient (Wildman–Crippen LogP) is 1.75. The van der Waals surface area contributed by atoms with Gasteiger partial charge in [0, 0.05) is 31.5 Å². The summed E-state index contributed by atoms with van der Waals surface area (Å²) in [5.74, 6) is 0.654. The third kappa shape index (κ3) is 3.41. The molecule has 0 bridgehead atoms. The van der Waals surface area contributed by atoms with Crippen molar-refractivity contribution in [1.82, 2.24) is 10.3 Å². The fourth-order valence-corrected chi connectivity index (χ4v) is 2.04. The first kappa shape index (κ1) is 12.3. The lowest BCUT2D eigenvalue weighted by atomic mass is 10.1. The highest BCUT2D eigenvalue weighted by atomic mass is 16.5. The summed E-state index contributed by atoms with van der Waals surface area (Å²) in [6.45, 7) is 3.89. The SMILES string of the molecule is COc1ccc(CN[C@H](C)[C@H]2CCCO2)cn1. The lowest BCUT2D eigenvalue weighted by Crippen LogP contribution is -2.36. The van der Waals surface area contributed by atoms with Gasteiger partial charge in [-0.3, -0.25) is 0 Å². The Hall–Kier alpha value is -1.13. The highest BCUT2D eigenvalue weighted by Crippen LogP contribution is 2.15. The second-order valence-corrected chi connectivity index (χ2v) is 4.43. The van der Waals surface area contributed by atoms with Crippen LogP contribution in [0, 0.1) is 0 Å². The fourth-order valence-electron chi connectivity index (χ4n) is 2.04. The molecule has 2 atom stereocenters. The van der Waals surface area contributed by atoms with Gasteiger partial charge in [-0.2, -0.15) is 0 Å². The van der Waals surface area contributed by atoms with E-state index in [0.717, 1.165) is 25.1 Å². The van der Waals surface area contributed by atoms with Crippen LogP contribution >= 0.6 is 0 Å². The first-order valence-corrected chi connectivity index (χ1v) is 6.13. The molecule has 1 aliphatic heterocycles. The van der Waals surface area contributed by atoms with E-state index >= 15 is 0 Å². The van der Waals surface area contributed by atoms with Crippen LogP contribution < -0.4 is 10.1 Å². The normalized spacial score (nSPS) is 21.4. The van der Waals surface area contributed by atoms with Crippen molar-refractivity contribution in [1.29, 1.82) is 0 Å². The maximum Gasteiger partial charge on any atom is 0.212 e. The van der Waals surface area contributed by atoms with E-state index < -0.39 is 0 Å². The molecule has 0 spiro atoms. The number of methoxy groups -OCH3 is 1. The molecule has 1 aromatic heterocycles. The van der Waals surface area contributed by atoms with Gasteiger partial charge in [-0.15, -0.1) is 0 Å². The Morgan fingerprint density at radius 2 is 2.47 bits per heavy atom. The number of rotatable bonds is 5. The topological polar surface area (TPSA) is 43.4 Å². The van der Waals surface area contributed by atoms with Crippen molar-refractivity contribution < 1.29 is 9.47 Å². The lowest BCUT2D eigenvalue weighted by molar-refractivity contribution is 0.0832. The summed E-state index contributed by atoms with van der Waals surface area (Å²) in [5.41, 5.74) is 1.16. The number of ether oxygens (including phenoxy) is 2. The van der Waals surface area contributed by atoms with Crippen LogP contribution in [0.2, 0.25) is 0 Å². The average Bonchev–Trinajstić information content (AvgIpc) is 2.90. The Bertz CT molecular complexity index is 334. The van der Waals surface area contributed by atoms with E-state index in [1.165, 1.54) is 6.42 Å². The minimum atomic E-state index is 0.362. The second kappa shape index (κ2) is 5.98. The Morgan fingerprint density at radius 1 is 1.59 bits per heavy atom. The van der Waals surface area contributed by atoms with Crippen LogP contribution in [0.3, 0.4) is 0 Å². The molecule has 0 aliphatic carbocycles. The first-order valence-electron chi connectivity index (χ1n) is 6.13. The molecule has 0 saturated carbocycles. The van der Waals surface area contributed by atoms with Crippen LogP contribution in [0.5, 0.6) is 5.88 Å². The zero-order valence-corrected chi connectivity index (χ0v) is 10.5. The second-order valence-electron chi connectivity index (χ2n) is 4.43. The van der Waals surface area contributed by atoms with Crippen LogP contribution in [0.4, 0.5) is 0 Å². The Morgan fingerprint density at radius 3 is 3.06 bits per heavy atom. The summed E-state index contributed by atoms with van der Waals surface area (Å²) in [7, 11) is 1.62. The summed E-state index contributed by atoms with van der Waals surface area (Å²) in [6.07, 6.45) is 4.55. The lowest BCUT2D eigenvalue weighted by Gasteiger charge is -2.19. The molecule has 2 heterocycles. The molecule has 1 aliphatic rings. The van der Waals surface area contributed by atoms with E-state index in [2.05, 4.69) is 17.2 Å². The first-order chi connectivity index (χ1) is 8.29. The third-order valence-corrected chi connectivity index (χ3v) is 3.16. The molecule has 4 heteroatoms. The number of hydrogen-bond acceptors (Lipinski definition) is 4. The molecular formula is C13H20N2O2. The van der Waals surface area contributed by atoms with E-state index in [9.17, 15) is 0 Å². The third-order valence-electron chi connectivity index (χ3n) is 3.16. The molecule has 1 N–H and O–H groups in total. The van der Waals surface area contributed by atoms with Crippen LogP contribution in [0.25, 0.3) is 0 Å². The molecule has 17 heavy (non-hydrogen) atoms. The molecule has 94 valence electrons. The molecule has 0 amide bonds. The highest BCUT2D eigenvalue weighted by Gasteiger charge is 2.21. The number of hydrogen-bond donors (Lipinski definition) is 1. The highest BCUT2D eigenvalue weighted by molar-refractivity contribution is 5.17. The predicted molar refractivity (Wildman–Crippen MR) is 66.1 cm³/mol. The number of aromatic nitrogens is 1. The van der Waals surface area contributed by atoms with Gasteiger partial charge >= 0.3 is 0 Å². The molecule has 4 nitrogen and oxygen atoms in total. The van der Waals surface area contributed by atoms with Crippen molar-refractivity contribution in [2.45, 2.75) is 38.5 Å². The summed E-state index contributed by atoms with van der Waals surface area (Å²) >= 11 is 0. The number of nitrogens with zero attached hydrogens (tertiary/aromatic N) is 1. The van der Waals surface area contributed by atoms with Crippen molar-refractivity contribution in [3.63, 3.8) is 0 Å². The summed E-state index contributed by atoms with van der Waals surface area (Å²) in [6, 6.07) is 4.30. The molecule has 2 rings (SSSR count). The van der Waals surface area contributed by atoms with E-state index in [1.54, 1.807) is 7.11 Å². The fraction of sp³-hybridized carbons (Fsp3) is 0.615. The van der Waals surface area contributed by atoms with Gasteiger partial charge in [-0.05, 0) is 25.3 Å².